The fourth-order valence-electron chi connectivity index (χ4n) is 2.70. The molecule has 0 unspecified atom stereocenters. The van der Waals surface area contributed by atoms with Crippen LogP contribution in [0.15, 0.2) is 42.5 Å². The van der Waals surface area contributed by atoms with Crippen LogP contribution in [0, 0.1) is 4.91 Å². The molecule has 1 aliphatic rings. The van der Waals surface area contributed by atoms with Crippen molar-refractivity contribution >= 4 is 11.5 Å². The summed E-state index contributed by atoms with van der Waals surface area (Å²) in [5, 5.41) is 0. The van der Waals surface area contributed by atoms with Gasteiger partial charge in [-0.05, 0) is 23.6 Å². The molecule has 0 N–H and O–H groups in total. The summed E-state index contributed by atoms with van der Waals surface area (Å²) in [6.45, 7) is 0. The number of hydrogen-bond donors (Lipinski definition) is 0. The van der Waals surface area contributed by atoms with Gasteiger partial charge in [0.1, 0.15) is 0 Å². The molecule has 0 fully saturated rings. The van der Waals surface area contributed by atoms with E-state index in [2.05, 4.69) is 0 Å². The Hall–Kier alpha value is -2.49. The smallest absolute Gasteiger partial charge is 0.294 e. The first-order valence-electron chi connectivity index (χ1n) is 6.48. The molecule has 100 valence electrons. The lowest BCUT2D eigenvalue weighted by Gasteiger charge is -2.07. The average Bonchev–Trinajstić information content (AvgIpc) is 2.88. The van der Waals surface area contributed by atoms with Crippen LogP contribution in [0.1, 0.15) is 22.3 Å². The van der Waals surface area contributed by atoms with Crippen LogP contribution in [0.25, 0.3) is 11.1 Å². The van der Waals surface area contributed by atoms with Crippen LogP contribution < -0.4 is 0 Å². The molecule has 4 heteroatoms. The molecule has 2 aromatic carbocycles. The first-order chi connectivity index (χ1) is 9.72. The van der Waals surface area contributed by atoms with Crippen molar-refractivity contribution in [1.82, 2.24) is 0 Å². The number of rotatable bonds is 3. The summed E-state index contributed by atoms with van der Waals surface area (Å²) in [6, 6.07) is 12.9. The van der Waals surface area contributed by atoms with Gasteiger partial charge in [0.05, 0.1) is 10.5 Å². The summed E-state index contributed by atoms with van der Waals surface area (Å²) in [5.74, 6) is 0.171. The predicted molar refractivity (Wildman–Crippen MR) is 74.8 cm³/mol. The SMILES string of the molecule is CO[N+](=O)c1ccccc1-c1cccc2c1CCC2=O. The minimum Gasteiger partial charge on any atom is -0.294 e. The van der Waals surface area contributed by atoms with E-state index in [1.807, 2.05) is 30.3 Å². The van der Waals surface area contributed by atoms with E-state index in [-0.39, 0.29) is 5.78 Å². The van der Waals surface area contributed by atoms with E-state index in [0.29, 0.717) is 17.0 Å². The number of benzene rings is 2. The summed E-state index contributed by atoms with van der Waals surface area (Å²) in [7, 11) is 1.34. The lowest BCUT2D eigenvalue weighted by Crippen LogP contribution is -2.01. The van der Waals surface area contributed by atoms with Gasteiger partial charge in [0.15, 0.2) is 12.9 Å². The van der Waals surface area contributed by atoms with Crippen LogP contribution in [-0.4, -0.2) is 17.8 Å². The number of carbonyl (C=O) groups excluding carboxylic acids is 1. The first-order valence-corrected chi connectivity index (χ1v) is 6.48. The minimum atomic E-state index is 0.171. The molecule has 0 amide bonds. The van der Waals surface area contributed by atoms with Crippen molar-refractivity contribution in [3.8, 4) is 11.1 Å². The third-order valence-electron chi connectivity index (χ3n) is 3.64. The van der Waals surface area contributed by atoms with E-state index in [1.54, 1.807) is 12.1 Å². The van der Waals surface area contributed by atoms with Crippen LogP contribution in [0.4, 0.5) is 5.69 Å². The van der Waals surface area contributed by atoms with E-state index in [4.69, 9.17) is 4.84 Å². The highest BCUT2D eigenvalue weighted by Crippen LogP contribution is 2.36. The zero-order valence-corrected chi connectivity index (χ0v) is 11.1. The van der Waals surface area contributed by atoms with Crippen molar-refractivity contribution in [2.75, 3.05) is 7.11 Å². The van der Waals surface area contributed by atoms with Gasteiger partial charge in [-0.1, -0.05) is 30.3 Å². The molecular formula is C16H14NO3+. The monoisotopic (exact) mass is 268 g/mol. The van der Waals surface area contributed by atoms with E-state index >= 15 is 0 Å². The number of carbonyl (C=O) groups is 1. The Kier molecular flexibility index (Phi) is 3.06. The Labute approximate surface area is 116 Å². The topological polar surface area (TPSA) is 46.4 Å². The van der Waals surface area contributed by atoms with Crippen LogP contribution in [0.3, 0.4) is 0 Å². The van der Waals surface area contributed by atoms with Gasteiger partial charge in [0, 0.05) is 18.1 Å². The Balaban J connectivity index is 2.21. The molecule has 3 rings (SSSR count). The average molecular weight is 268 g/mol. The van der Waals surface area contributed by atoms with E-state index in [9.17, 15) is 9.70 Å². The van der Waals surface area contributed by atoms with Crippen molar-refractivity contribution < 1.29 is 14.6 Å². The number of fused-ring (bicyclic) bond motifs is 1. The molecule has 0 saturated heterocycles. The molecule has 0 atom stereocenters. The summed E-state index contributed by atoms with van der Waals surface area (Å²) in [4.78, 5) is 28.9. The Morgan fingerprint density at radius 1 is 0.950 bits per heavy atom. The highest BCUT2D eigenvalue weighted by Gasteiger charge is 2.27. The van der Waals surface area contributed by atoms with E-state index in [0.717, 1.165) is 28.7 Å². The third kappa shape index (κ3) is 1.90. The molecule has 20 heavy (non-hydrogen) atoms. The summed E-state index contributed by atoms with van der Waals surface area (Å²) in [5.41, 5.74) is 3.96. The van der Waals surface area contributed by atoms with Crippen molar-refractivity contribution in [3.63, 3.8) is 0 Å². The number of hydrogen-bond acceptors (Lipinski definition) is 3. The molecule has 0 radical (unpaired) electrons. The number of para-hydroxylation sites is 1. The quantitative estimate of drug-likeness (QED) is 0.801. The third-order valence-corrected chi connectivity index (χ3v) is 3.64. The standard InChI is InChI=1S/C16H14NO3/c1-20-17(19)15-8-3-2-5-13(15)11-6-4-7-14-12(11)9-10-16(14)18/h2-8H,9-10H2,1H3/q+1. The summed E-state index contributed by atoms with van der Waals surface area (Å²) in [6.07, 6.45) is 1.27. The molecule has 0 aliphatic heterocycles. The maximum absolute atomic E-state index is 11.8. The largest absolute Gasteiger partial charge is 0.324 e. The predicted octanol–water partition coefficient (Wildman–Crippen LogP) is 3.45. The van der Waals surface area contributed by atoms with Gasteiger partial charge < -0.3 is 0 Å². The molecular weight excluding hydrogens is 254 g/mol. The van der Waals surface area contributed by atoms with Gasteiger partial charge in [0.25, 0.3) is 4.92 Å². The van der Waals surface area contributed by atoms with Gasteiger partial charge in [-0.15, -0.1) is 0 Å². The second kappa shape index (κ2) is 4.89. The van der Waals surface area contributed by atoms with Crippen molar-refractivity contribution in [2.24, 2.45) is 0 Å². The second-order valence-corrected chi connectivity index (χ2v) is 4.71. The van der Waals surface area contributed by atoms with Crippen molar-refractivity contribution in [2.45, 2.75) is 12.8 Å². The number of Topliss-reactive ketones (excluding diaryl/α,β-unsaturated/α-hetero) is 1. The molecule has 0 heterocycles. The number of ketones is 1. The lowest BCUT2D eigenvalue weighted by molar-refractivity contribution is -0.736. The molecule has 1 aliphatic carbocycles. The van der Waals surface area contributed by atoms with Gasteiger partial charge in [-0.3, -0.25) is 4.79 Å². The Morgan fingerprint density at radius 2 is 1.65 bits per heavy atom. The van der Waals surface area contributed by atoms with Crippen LogP contribution in [0.2, 0.25) is 0 Å². The van der Waals surface area contributed by atoms with Gasteiger partial charge in [-0.2, -0.15) is 0 Å². The van der Waals surface area contributed by atoms with Crippen molar-refractivity contribution in [3.05, 3.63) is 58.5 Å². The van der Waals surface area contributed by atoms with Crippen LogP contribution in [0.5, 0.6) is 0 Å². The van der Waals surface area contributed by atoms with E-state index in [1.165, 1.54) is 7.11 Å². The fraction of sp³-hybridized carbons (Fsp3) is 0.188. The normalized spacial score (nSPS) is 13.2. The molecule has 4 nitrogen and oxygen atoms in total. The molecule has 0 aromatic heterocycles. The number of nitrogens with zero attached hydrogens (tertiary/aromatic N) is 1. The molecule has 2 aromatic rings. The van der Waals surface area contributed by atoms with E-state index < -0.39 is 0 Å². The Bertz CT molecular complexity index is 707. The summed E-state index contributed by atoms with van der Waals surface area (Å²) >= 11 is 0. The lowest BCUT2D eigenvalue weighted by atomic mass is 9.96. The maximum atomic E-state index is 11.8. The highest BCUT2D eigenvalue weighted by molar-refractivity contribution is 6.02. The maximum Gasteiger partial charge on any atom is 0.324 e. The first kappa shape index (κ1) is 12.5. The Morgan fingerprint density at radius 3 is 2.45 bits per heavy atom. The highest BCUT2D eigenvalue weighted by atomic mass is 16.8. The van der Waals surface area contributed by atoms with Gasteiger partial charge in [-0.25, -0.2) is 4.84 Å². The zero-order valence-electron chi connectivity index (χ0n) is 11.1. The molecule has 0 saturated carbocycles. The molecule has 0 spiro atoms. The minimum absolute atomic E-state index is 0.171. The van der Waals surface area contributed by atoms with Crippen molar-refractivity contribution in [1.29, 1.82) is 0 Å². The summed E-state index contributed by atoms with van der Waals surface area (Å²) < 4.78 is 0. The second-order valence-electron chi connectivity index (χ2n) is 4.71. The van der Waals surface area contributed by atoms with Crippen LogP contribution in [-0.2, 0) is 11.3 Å². The zero-order chi connectivity index (χ0) is 14.1. The molecule has 0 bridgehead atoms. The van der Waals surface area contributed by atoms with Gasteiger partial charge in [0.2, 0.25) is 0 Å². The van der Waals surface area contributed by atoms with Crippen LogP contribution >= 0.6 is 0 Å². The fourth-order valence-corrected chi connectivity index (χ4v) is 2.70. The van der Waals surface area contributed by atoms with Gasteiger partial charge >= 0.3 is 5.69 Å².